The third kappa shape index (κ3) is 8.37. The lowest BCUT2D eigenvalue weighted by molar-refractivity contribution is -0.139. The lowest BCUT2D eigenvalue weighted by atomic mass is 9.95. The Hall–Kier alpha value is -4.93. The van der Waals surface area contributed by atoms with E-state index < -0.39 is 17.9 Å². The number of nitriles is 1. The van der Waals surface area contributed by atoms with E-state index in [4.69, 9.17) is 31.2 Å². The van der Waals surface area contributed by atoms with Crippen molar-refractivity contribution >= 4 is 51.4 Å². The minimum atomic E-state index is -0.643. The number of hydrogen-bond acceptors (Lipinski definition) is 9. The summed E-state index contributed by atoms with van der Waals surface area (Å²) in [6.45, 7) is 3.52. The Bertz CT molecular complexity index is 1700. The van der Waals surface area contributed by atoms with Gasteiger partial charge in [0, 0.05) is 26.9 Å². The highest BCUT2D eigenvalue weighted by Gasteiger charge is 2.32. The van der Waals surface area contributed by atoms with E-state index in [2.05, 4.69) is 43.2 Å². The molecule has 0 unspecified atom stereocenters. The molecule has 0 aliphatic carbocycles. The summed E-state index contributed by atoms with van der Waals surface area (Å²) in [6.07, 6.45) is 1.45. The number of amides is 1. The number of hydrogen-bond donors (Lipinski definition) is 3. The molecule has 3 aromatic rings. The second-order valence-electron chi connectivity index (χ2n) is 9.49. The van der Waals surface area contributed by atoms with Crippen LogP contribution in [0.5, 0.6) is 17.2 Å². The van der Waals surface area contributed by atoms with Gasteiger partial charge in [-0.25, -0.2) is 10.2 Å². The van der Waals surface area contributed by atoms with Crippen LogP contribution < -0.4 is 30.3 Å². The molecule has 0 radical (unpaired) electrons. The SMILES string of the molecule is CCOC(=O)C1=C(C)NC(=S)N[C@@H]1c1ccccc1OCC(=O)NN=Cc1cc(OC)c(OCc2ccccc2C#N)cc1Br. The fourth-order valence-electron chi connectivity index (χ4n) is 4.44. The van der Waals surface area contributed by atoms with E-state index in [1.54, 1.807) is 62.4 Å². The van der Waals surface area contributed by atoms with Crippen LogP contribution in [0.2, 0.25) is 0 Å². The maximum absolute atomic E-state index is 12.8. The van der Waals surface area contributed by atoms with E-state index in [0.717, 1.165) is 5.56 Å². The molecule has 0 bridgehead atoms. The highest BCUT2D eigenvalue weighted by molar-refractivity contribution is 9.10. The number of para-hydroxylation sites is 1. The van der Waals surface area contributed by atoms with Gasteiger partial charge in [0.05, 0.1) is 43.2 Å². The molecule has 232 valence electrons. The summed E-state index contributed by atoms with van der Waals surface area (Å²) >= 11 is 8.82. The van der Waals surface area contributed by atoms with Crippen LogP contribution in [0.3, 0.4) is 0 Å². The summed E-state index contributed by atoms with van der Waals surface area (Å²) in [6, 6.07) is 19.1. The minimum absolute atomic E-state index is 0.180. The third-order valence-electron chi connectivity index (χ3n) is 6.55. The standard InChI is InChI=1S/C32H30BrN5O6S/c1-4-42-31(40)29-19(2)36-32(45)37-30(29)23-11-7-8-12-25(23)44-18-28(39)38-35-16-22-13-26(41-3)27(14-24(22)33)43-17-21-10-6-5-9-20(21)15-34/h5-14,16,30H,4,17-18H2,1-3H3,(H,38,39)(H2,36,37,45)/t30-/m1/s1. The van der Waals surface area contributed by atoms with Crippen molar-refractivity contribution in [2.24, 2.45) is 5.10 Å². The molecule has 4 rings (SSSR count). The van der Waals surface area contributed by atoms with Gasteiger partial charge in [-0.1, -0.05) is 36.4 Å². The lowest BCUT2D eigenvalue weighted by Crippen LogP contribution is -2.45. The molecule has 0 saturated carbocycles. The third-order valence-corrected chi connectivity index (χ3v) is 7.46. The molecule has 3 N–H and O–H groups in total. The van der Waals surface area contributed by atoms with Crippen molar-refractivity contribution in [2.45, 2.75) is 26.5 Å². The van der Waals surface area contributed by atoms with E-state index in [9.17, 15) is 14.9 Å². The normalized spacial score (nSPS) is 14.2. The van der Waals surface area contributed by atoms with Crippen LogP contribution in [0.25, 0.3) is 0 Å². The van der Waals surface area contributed by atoms with Gasteiger partial charge in [0.15, 0.2) is 23.2 Å². The van der Waals surface area contributed by atoms with Crippen LogP contribution in [-0.4, -0.2) is 43.5 Å². The summed E-state index contributed by atoms with van der Waals surface area (Å²) < 4.78 is 23.1. The highest BCUT2D eigenvalue weighted by Crippen LogP contribution is 2.35. The molecular weight excluding hydrogens is 662 g/mol. The zero-order chi connectivity index (χ0) is 32.3. The number of methoxy groups -OCH3 is 1. The van der Waals surface area contributed by atoms with Crippen LogP contribution in [0, 0.1) is 11.3 Å². The average Bonchev–Trinajstić information content (AvgIpc) is 3.03. The van der Waals surface area contributed by atoms with Gasteiger partial charge in [-0.15, -0.1) is 0 Å². The summed E-state index contributed by atoms with van der Waals surface area (Å²) in [4.78, 5) is 25.4. The Balaban J connectivity index is 1.41. The molecule has 11 nitrogen and oxygen atoms in total. The van der Waals surface area contributed by atoms with Crippen molar-refractivity contribution in [3.63, 3.8) is 0 Å². The Morgan fingerprint density at radius 3 is 2.62 bits per heavy atom. The van der Waals surface area contributed by atoms with Crippen molar-refractivity contribution in [2.75, 3.05) is 20.3 Å². The zero-order valence-corrected chi connectivity index (χ0v) is 27.1. The molecule has 0 aromatic heterocycles. The summed E-state index contributed by atoms with van der Waals surface area (Å²) in [7, 11) is 1.51. The van der Waals surface area contributed by atoms with Gasteiger partial charge < -0.3 is 29.6 Å². The quantitative estimate of drug-likeness (QED) is 0.105. The first-order chi connectivity index (χ1) is 21.7. The number of halogens is 1. The van der Waals surface area contributed by atoms with Crippen molar-refractivity contribution in [3.8, 4) is 23.3 Å². The molecule has 0 fully saturated rings. The number of esters is 1. The van der Waals surface area contributed by atoms with E-state index in [1.807, 2.05) is 12.1 Å². The monoisotopic (exact) mass is 691 g/mol. The summed E-state index contributed by atoms with van der Waals surface area (Å²) in [5.74, 6) is 0.291. The number of thiocarbonyl (C=S) groups is 1. The van der Waals surface area contributed by atoms with E-state index in [-0.39, 0.29) is 19.8 Å². The molecule has 1 aliphatic rings. The van der Waals surface area contributed by atoms with Crippen LogP contribution in [0.4, 0.5) is 0 Å². The number of allylic oxidation sites excluding steroid dienone is 1. The lowest BCUT2D eigenvalue weighted by Gasteiger charge is -2.30. The second-order valence-corrected chi connectivity index (χ2v) is 10.8. The maximum atomic E-state index is 12.8. The number of benzene rings is 3. The molecule has 1 heterocycles. The first-order valence-corrected chi connectivity index (χ1v) is 14.9. The van der Waals surface area contributed by atoms with Gasteiger partial charge in [0.1, 0.15) is 12.4 Å². The van der Waals surface area contributed by atoms with Crippen LogP contribution in [0.15, 0.2) is 81.5 Å². The van der Waals surface area contributed by atoms with Gasteiger partial charge in [0.25, 0.3) is 5.91 Å². The summed E-state index contributed by atoms with van der Waals surface area (Å²) in [5, 5.41) is 19.8. The number of rotatable bonds is 12. The first kappa shape index (κ1) is 33.0. The van der Waals surface area contributed by atoms with Crippen molar-refractivity contribution in [3.05, 3.63) is 98.7 Å². The Kier molecular flexibility index (Phi) is 11.5. The number of ether oxygens (including phenoxy) is 4. The number of hydrazone groups is 1. The predicted molar refractivity (Wildman–Crippen MR) is 175 cm³/mol. The molecule has 45 heavy (non-hydrogen) atoms. The van der Waals surface area contributed by atoms with Gasteiger partial charge >= 0.3 is 5.97 Å². The topological polar surface area (TPSA) is 143 Å². The van der Waals surface area contributed by atoms with Crippen LogP contribution >= 0.6 is 28.1 Å². The predicted octanol–water partition coefficient (Wildman–Crippen LogP) is 4.79. The largest absolute Gasteiger partial charge is 0.493 e. The van der Waals surface area contributed by atoms with Crippen LogP contribution in [0.1, 0.15) is 42.1 Å². The molecule has 0 spiro atoms. The second kappa shape index (κ2) is 15.7. The molecular formula is C32H30BrN5O6S. The van der Waals surface area contributed by atoms with Gasteiger partial charge in [-0.3, -0.25) is 4.79 Å². The molecule has 13 heteroatoms. The molecule has 1 aliphatic heterocycles. The Labute approximate surface area is 274 Å². The first-order valence-electron chi connectivity index (χ1n) is 13.7. The molecule has 1 atom stereocenters. The zero-order valence-electron chi connectivity index (χ0n) is 24.7. The number of nitrogens with one attached hydrogen (secondary N) is 3. The van der Waals surface area contributed by atoms with Gasteiger partial charge in [0.2, 0.25) is 0 Å². The fraction of sp³-hybridized carbons (Fsp3) is 0.219. The highest BCUT2D eigenvalue weighted by atomic mass is 79.9. The summed E-state index contributed by atoms with van der Waals surface area (Å²) in [5.41, 5.74) is 5.88. The molecule has 0 saturated heterocycles. The van der Waals surface area contributed by atoms with Crippen molar-refractivity contribution in [1.82, 2.24) is 16.1 Å². The van der Waals surface area contributed by atoms with E-state index in [0.29, 0.717) is 54.8 Å². The van der Waals surface area contributed by atoms with Crippen molar-refractivity contribution in [1.29, 1.82) is 5.26 Å². The van der Waals surface area contributed by atoms with Crippen molar-refractivity contribution < 1.29 is 28.5 Å². The molecule has 3 aromatic carbocycles. The van der Waals surface area contributed by atoms with E-state index >= 15 is 0 Å². The minimum Gasteiger partial charge on any atom is -0.493 e. The number of carbonyl (C=O) groups excluding carboxylic acids is 2. The van der Waals surface area contributed by atoms with Gasteiger partial charge in [-0.2, -0.15) is 10.4 Å². The van der Waals surface area contributed by atoms with Crippen LogP contribution in [-0.2, 0) is 20.9 Å². The number of carbonyl (C=O) groups is 2. The Morgan fingerprint density at radius 2 is 1.87 bits per heavy atom. The van der Waals surface area contributed by atoms with Gasteiger partial charge in [-0.05, 0) is 66.3 Å². The number of nitrogens with zero attached hydrogens (tertiary/aromatic N) is 2. The average molecular weight is 693 g/mol. The van der Waals surface area contributed by atoms with E-state index in [1.165, 1.54) is 13.3 Å². The fourth-order valence-corrected chi connectivity index (χ4v) is 5.13. The maximum Gasteiger partial charge on any atom is 0.338 e. The Morgan fingerprint density at radius 1 is 1.11 bits per heavy atom. The smallest absolute Gasteiger partial charge is 0.338 e. The molecule has 1 amide bonds.